The lowest BCUT2D eigenvalue weighted by Crippen LogP contribution is -2.35. The lowest BCUT2D eigenvalue weighted by molar-refractivity contribution is -0.128. The second kappa shape index (κ2) is 11.6. The number of nitrogens with zero attached hydrogens (tertiary/aromatic N) is 2. The molecule has 1 saturated heterocycles. The van der Waals surface area contributed by atoms with Crippen LogP contribution in [0.2, 0.25) is 0 Å². The molecule has 0 aromatic heterocycles. The SMILES string of the molecule is COCCN1C(=O)C(CC(=O)Nc2c(C)cccc2C)SC1=Nc1ccc(SC(F)F)cc1. The molecule has 0 spiro atoms. The molecule has 0 saturated carbocycles. The largest absolute Gasteiger partial charge is 0.383 e. The average molecular weight is 494 g/mol. The van der Waals surface area contributed by atoms with E-state index in [0.717, 1.165) is 16.8 Å². The number of alkyl halides is 2. The summed E-state index contributed by atoms with van der Waals surface area (Å²) in [6.45, 7) is 4.45. The Morgan fingerprint density at radius 1 is 1.21 bits per heavy atom. The van der Waals surface area contributed by atoms with Crippen molar-refractivity contribution in [1.29, 1.82) is 0 Å². The maximum Gasteiger partial charge on any atom is 0.288 e. The van der Waals surface area contributed by atoms with Crippen molar-refractivity contribution < 1.29 is 23.1 Å². The van der Waals surface area contributed by atoms with Crippen molar-refractivity contribution in [3.63, 3.8) is 0 Å². The van der Waals surface area contributed by atoms with Crippen LogP contribution in [-0.4, -0.2) is 53.2 Å². The smallest absolute Gasteiger partial charge is 0.288 e. The Kier molecular flexibility index (Phi) is 8.87. The number of carbonyl (C=O) groups excluding carboxylic acids is 2. The predicted octanol–water partition coefficient (Wildman–Crippen LogP) is 5.22. The van der Waals surface area contributed by atoms with Gasteiger partial charge in [-0.15, -0.1) is 0 Å². The molecule has 1 aliphatic heterocycles. The first-order valence-electron chi connectivity index (χ1n) is 10.2. The van der Waals surface area contributed by atoms with Gasteiger partial charge >= 0.3 is 0 Å². The van der Waals surface area contributed by atoms with Crippen LogP contribution in [0.25, 0.3) is 0 Å². The number of hydrogen-bond acceptors (Lipinski definition) is 6. The number of carbonyl (C=O) groups is 2. The topological polar surface area (TPSA) is 71.0 Å². The summed E-state index contributed by atoms with van der Waals surface area (Å²) in [4.78, 5) is 32.2. The van der Waals surface area contributed by atoms with Crippen LogP contribution in [0, 0.1) is 13.8 Å². The van der Waals surface area contributed by atoms with E-state index in [-0.39, 0.29) is 18.2 Å². The Labute approximate surface area is 200 Å². The standard InChI is InChI=1S/C23H25F2N3O3S2/c1-14-5-4-6-15(2)20(14)27-19(29)13-18-21(30)28(11-12-31-3)23(33-18)26-16-7-9-17(10-8-16)32-22(24)25/h4-10,18,22H,11-13H2,1-3H3,(H,27,29). The number of aryl methyl sites for hydroxylation is 2. The van der Waals surface area contributed by atoms with Crippen molar-refractivity contribution in [2.75, 3.05) is 25.6 Å². The van der Waals surface area contributed by atoms with Crippen LogP contribution in [-0.2, 0) is 14.3 Å². The molecule has 3 rings (SSSR count). The molecule has 1 heterocycles. The first kappa shape index (κ1) is 25.2. The summed E-state index contributed by atoms with van der Waals surface area (Å²) in [5.41, 5.74) is 3.19. The highest BCUT2D eigenvalue weighted by atomic mass is 32.2. The van der Waals surface area contributed by atoms with Crippen LogP contribution in [0.5, 0.6) is 0 Å². The molecular formula is C23H25F2N3O3S2. The highest BCUT2D eigenvalue weighted by molar-refractivity contribution is 8.15. The Bertz CT molecular complexity index is 1010. The molecule has 0 aliphatic carbocycles. The number of amides is 2. The molecule has 1 unspecified atom stereocenters. The Hall–Kier alpha value is -2.43. The molecule has 1 N–H and O–H groups in total. The van der Waals surface area contributed by atoms with Crippen LogP contribution in [0.1, 0.15) is 17.5 Å². The van der Waals surface area contributed by atoms with Crippen LogP contribution < -0.4 is 5.32 Å². The zero-order chi connectivity index (χ0) is 24.0. The minimum Gasteiger partial charge on any atom is -0.383 e. The molecule has 2 amide bonds. The van der Waals surface area contributed by atoms with Crippen molar-refractivity contribution in [3.8, 4) is 0 Å². The second-order valence-electron chi connectivity index (χ2n) is 7.38. The van der Waals surface area contributed by atoms with Crippen molar-refractivity contribution in [2.24, 2.45) is 4.99 Å². The van der Waals surface area contributed by atoms with E-state index in [0.29, 0.717) is 40.7 Å². The number of anilines is 1. The quantitative estimate of drug-likeness (QED) is 0.485. The van der Waals surface area contributed by atoms with Gasteiger partial charge in [-0.3, -0.25) is 14.5 Å². The number of thioether (sulfide) groups is 2. The minimum atomic E-state index is -2.50. The summed E-state index contributed by atoms with van der Waals surface area (Å²) in [7, 11) is 1.54. The Morgan fingerprint density at radius 2 is 1.88 bits per heavy atom. The van der Waals surface area contributed by atoms with Gasteiger partial charge in [0.15, 0.2) is 5.17 Å². The number of hydrogen-bond donors (Lipinski definition) is 1. The first-order valence-corrected chi connectivity index (χ1v) is 12.0. The molecule has 2 aromatic rings. The molecule has 1 aliphatic rings. The number of rotatable bonds is 9. The van der Waals surface area contributed by atoms with E-state index in [1.165, 1.54) is 16.7 Å². The Morgan fingerprint density at radius 3 is 2.48 bits per heavy atom. The average Bonchev–Trinajstić information content (AvgIpc) is 3.04. The van der Waals surface area contributed by atoms with Gasteiger partial charge < -0.3 is 10.1 Å². The number of aliphatic imine (C=N–C) groups is 1. The highest BCUT2D eigenvalue weighted by Gasteiger charge is 2.39. The third kappa shape index (κ3) is 6.78. The number of nitrogens with one attached hydrogen (secondary N) is 1. The summed E-state index contributed by atoms with van der Waals surface area (Å²) in [6, 6.07) is 12.1. The number of para-hydroxylation sites is 1. The lowest BCUT2D eigenvalue weighted by Gasteiger charge is -2.16. The summed E-state index contributed by atoms with van der Waals surface area (Å²) in [6.07, 6.45) is 0.00371. The molecule has 1 atom stereocenters. The minimum absolute atomic E-state index is 0.00371. The van der Waals surface area contributed by atoms with Gasteiger partial charge in [0.05, 0.1) is 18.8 Å². The van der Waals surface area contributed by atoms with Gasteiger partial charge in [0.1, 0.15) is 5.25 Å². The highest BCUT2D eigenvalue weighted by Crippen LogP contribution is 2.33. The molecule has 2 aromatic carbocycles. The number of methoxy groups -OCH3 is 1. The van der Waals surface area contributed by atoms with Crippen molar-refractivity contribution >= 4 is 51.9 Å². The van der Waals surface area contributed by atoms with Gasteiger partial charge in [-0.25, -0.2) is 4.99 Å². The van der Waals surface area contributed by atoms with Crippen LogP contribution in [0.15, 0.2) is 52.4 Å². The summed E-state index contributed by atoms with van der Waals surface area (Å²) in [5.74, 6) is -2.96. The van der Waals surface area contributed by atoms with Gasteiger partial charge in [-0.05, 0) is 49.2 Å². The predicted molar refractivity (Wildman–Crippen MR) is 130 cm³/mol. The molecule has 0 radical (unpaired) electrons. The molecule has 1 fully saturated rings. The fraction of sp³-hybridized carbons (Fsp3) is 0.348. The fourth-order valence-corrected chi connectivity index (χ4v) is 4.98. The van der Waals surface area contributed by atoms with Crippen molar-refractivity contribution in [1.82, 2.24) is 4.90 Å². The monoisotopic (exact) mass is 493 g/mol. The van der Waals surface area contributed by atoms with Gasteiger partial charge in [-0.1, -0.05) is 41.7 Å². The third-order valence-corrected chi connectivity index (χ3v) is 6.84. The molecule has 176 valence electrons. The summed E-state index contributed by atoms with van der Waals surface area (Å²) < 4.78 is 30.2. The van der Waals surface area contributed by atoms with E-state index < -0.39 is 11.0 Å². The fourth-order valence-electron chi connectivity index (χ4n) is 3.30. The van der Waals surface area contributed by atoms with E-state index in [1.807, 2.05) is 32.0 Å². The van der Waals surface area contributed by atoms with Gasteiger partial charge in [-0.2, -0.15) is 8.78 Å². The normalized spacial score (nSPS) is 17.3. The summed E-state index contributed by atoms with van der Waals surface area (Å²) >= 11 is 1.68. The molecule has 33 heavy (non-hydrogen) atoms. The van der Waals surface area contributed by atoms with Crippen LogP contribution >= 0.6 is 23.5 Å². The van der Waals surface area contributed by atoms with Gasteiger partial charge in [0, 0.05) is 24.1 Å². The van der Waals surface area contributed by atoms with E-state index >= 15 is 0 Å². The van der Waals surface area contributed by atoms with Crippen molar-refractivity contribution in [3.05, 3.63) is 53.6 Å². The van der Waals surface area contributed by atoms with Gasteiger partial charge in [0.25, 0.3) is 5.76 Å². The zero-order valence-corrected chi connectivity index (χ0v) is 20.1. The third-order valence-electron chi connectivity index (χ3n) is 4.94. The maximum absolute atomic E-state index is 13.0. The maximum atomic E-state index is 13.0. The van der Waals surface area contributed by atoms with E-state index in [4.69, 9.17) is 4.74 Å². The molecule has 10 heteroatoms. The van der Waals surface area contributed by atoms with E-state index in [9.17, 15) is 18.4 Å². The zero-order valence-electron chi connectivity index (χ0n) is 18.5. The molecule has 0 bridgehead atoms. The second-order valence-corrected chi connectivity index (χ2v) is 9.61. The number of benzene rings is 2. The number of ether oxygens (including phenoxy) is 1. The van der Waals surface area contributed by atoms with E-state index in [2.05, 4.69) is 10.3 Å². The molecule has 6 nitrogen and oxygen atoms in total. The van der Waals surface area contributed by atoms with Crippen LogP contribution in [0.3, 0.4) is 0 Å². The molecular weight excluding hydrogens is 468 g/mol. The van der Waals surface area contributed by atoms with Crippen molar-refractivity contribution in [2.45, 2.75) is 36.2 Å². The number of halogens is 2. The van der Waals surface area contributed by atoms with Crippen LogP contribution in [0.4, 0.5) is 20.2 Å². The van der Waals surface area contributed by atoms with Gasteiger partial charge in [0.2, 0.25) is 11.8 Å². The lowest BCUT2D eigenvalue weighted by atomic mass is 10.1. The Balaban J connectivity index is 1.74. The number of amidine groups is 1. The van der Waals surface area contributed by atoms with E-state index in [1.54, 1.807) is 31.4 Å². The summed E-state index contributed by atoms with van der Waals surface area (Å²) in [5, 5.41) is 2.76. The first-order chi connectivity index (χ1) is 15.8.